The molecule has 2 aliphatic carbocycles. The Hall–Kier alpha value is -1.92. The van der Waals surface area contributed by atoms with Crippen molar-refractivity contribution in [3.63, 3.8) is 0 Å². The number of nitrogens with one attached hydrogen (secondary N) is 1. The Morgan fingerprint density at radius 2 is 2.04 bits per heavy atom. The number of rotatable bonds is 3. The number of allylic oxidation sites excluding steroid dienone is 1. The van der Waals surface area contributed by atoms with Crippen LogP contribution in [0.2, 0.25) is 0 Å². The summed E-state index contributed by atoms with van der Waals surface area (Å²) < 4.78 is 27.7. The van der Waals surface area contributed by atoms with Gasteiger partial charge in [-0.3, -0.25) is 9.48 Å². The summed E-state index contributed by atoms with van der Waals surface area (Å²) in [4.78, 5) is 12.6. The zero-order chi connectivity index (χ0) is 18.6. The molecule has 1 aromatic carbocycles. The molecule has 1 N–H and O–H groups in total. The minimum atomic E-state index is -2.82. The Balaban J connectivity index is 1.71. The van der Waals surface area contributed by atoms with Gasteiger partial charge in [-0.25, -0.2) is 8.78 Å². The smallest absolute Gasteiger partial charge is 0.282 e. The van der Waals surface area contributed by atoms with E-state index in [-0.39, 0.29) is 21.9 Å². The van der Waals surface area contributed by atoms with E-state index in [1.165, 1.54) is 17.9 Å². The van der Waals surface area contributed by atoms with Gasteiger partial charge >= 0.3 is 0 Å². The Morgan fingerprint density at radius 1 is 1.31 bits per heavy atom. The summed E-state index contributed by atoms with van der Waals surface area (Å²) in [6, 6.07) is 5.61. The van der Waals surface area contributed by atoms with Gasteiger partial charge in [-0.1, -0.05) is 35.3 Å². The molecule has 0 spiro atoms. The van der Waals surface area contributed by atoms with E-state index in [0.29, 0.717) is 5.69 Å². The van der Waals surface area contributed by atoms with Crippen molar-refractivity contribution in [2.24, 2.45) is 7.05 Å². The highest BCUT2D eigenvalue weighted by molar-refractivity contribution is 6.56. The Morgan fingerprint density at radius 3 is 2.73 bits per heavy atom. The van der Waals surface area contributed by atoms with Crippen LogP contribution in [0.1, 0.15) is 58.3 Å². The fraction of sp³-hybridized carbons (Fsp3) is 0.333. The molecule has 2 aromatic rings. The minimum Gasteiger partial charge on any atom is -0.322 e. The number of carbonyl (C=O) groups excluding carboxylic acids is 1. The van der Waals surface area contributed by atoms with E-state index >= 15 is 0 Å². The predicted octanol–water partition coefficient (Wildman–Crippen LogP) is 5.27. The second kappa shape index (κ2) is 6.35. The lowest BCUT2D eigenvalue weighted by atomic mass is 9.90. The third-order valence-electron chi connectivity index (χ3n) is 5.13. The zero-order valence-electron chi connectivity index (χ0n) is 13.8. The van der Waals surface area contributed by atoms with E-state index in [1.807, 2.05) is 12.1 Å². The van der Waals surface area contributed by atoms with Crippen LogP contribution in [0.3, 0.4) is 0 Å². The molecule has 1 fully saturated rings. The maximum Gasteiger partial charge on any atom is 0.282 e. The summed E-state index contributed by atoms with van der Waals surface area (Å²) in [5.74, 6) is -0.390. The molecule has 2 bridgehead atoms. The van der Waals surface area contributed by atoms with Gasteiger partial charge in [0.2, 0.25) is 0 Å². The van der Waals surface area contributed by atoms with Crippen LogP contribution >= 0.6 is 23.2 Å². The molecule has 1 unspecified atom stereocenters. The molecule has 4 rings (SSSR count). The number of hydrogen-bond donors (Lipinski definition) is 1. The molecular formula is C18H15Cl2F2N3O. The lowest BCUT2D eigenvalue weighted by molar-refractivity contribution is 0.101. The largest absolute Gasteiger partial charge is 0.322 e. The number of benzene rings is 1. The van der Waals surface area contributed by atoms with E-state index in [2.05, 4.69) is 10.4 Å². The first-order valence-electron chi connectivity index (χ1n) is 8.19. The topological polar surface area (TPSA) is 46.9 Å². The second-order valence-electron chi connectivity index (χ2n) is 6.56. The Bertz CT molecular complexity index is 935. The molecule has 2 aliphatic rings. The van der Waals surface area contributed by atoms with Crippen molar-refractivity contribution in [2.45, 2.75) is 31.1 Å². The van der Waals surface area contributed by atoms with E-state index < -0.39 is 18.0 Å². The summed E-state index contributed by atoms with van der Waals surface area (Å²) in [6.45, 7) is 0. The van der Waals surface area contributed by atoms with Crippen molar-refractivity contribution in [1.82, 2.24) is 9.78 Å². The molecular weight excluding hydrogens is 383 g/mol. The number of hydrogen-bond acceptors (Lipinski definition) is 2. The fourth-order valence-electron chi connectivity index (χ4n) is 4.19. The van der Waals surface area contributed by atoms with Gasteiger partial charge in [-0.05, 0) is 35.6 Å². The molecule has 0 radical (unpaired) electrons. The summed E-state index contributed by atoms with van der Waals surface area (Å²) in [5.41, 5.74) is 3.01. The van der Waals surface area contributed by atoms with Crippen LogP contribution in [0.25, 0.3) is 0 Å². The molecule has 2 atom stereocenters. The highest BCUT2D eigenvalue weighted by Crippen LogP contribution is 2.60. The number of alkyl halides is 2. The van der Waals surface area contributed by atoms with Gasteiger partial charge in [-0.2, -0.15) is 5.10 Å². The van der Waals surface area contributed by atoms with Gasteiger partial charge in [0.05, 0.1) is 5.56 Å². The number of aromatic nitrogens is 2. The van der Waals surface area contributed by atoms with Gasteiger partial charge < -0.3 is 5.32 Å². The van der Waals surface area contributed by atoms with Crippen molar-refractivity contribution >= 4 is 34.8 Å². The van der Waals surface area contributed by atoms with Crippen LogP contribution in [0, 0.1) is 0 Å². The molecule has 1 aromatic heterocycles. The average molecular weight is 398 g/mol. The van der Waals surface area contributed by atoms with Gasteiger partial charge in [0.1, 0.15) is 10.2 Å². The van der Waals surface area contributed by atoms with Crippen LogP contribution < -0.4 is 5.32 Å². The molecule has 0 aliphatic heterocycles. The molecule has 136 valence electrons. The highest BCUT2D eigenvalue weighted by Gasteiger charge is 2.44. The lowest BCUT2D eigenvalue weighted by Gasteiger charge is -2.18. The normalized spacial score (nSPS) is 20.6. The van der Waals surface area contributed by atoms with Crippen LogP contribution in [-0.4, -0.2) is 15.7 Å². The third kappa shape index (κ3) is 2.63. The molecule has 1 saturated carbocycles. The van der Waals surface area contributed by atoms with Gasteiger partial charge in [-0.15, -0.1) is 0 Å². The van der Waals surface area contributed by atoms with Crippen molar-refractivity contribution in [1.29, 1.82) is 0 Å². The number of nitrogens with zero attached hydrogens (tertiary/aromatic N) is 2. The predicted molar refractivity (Wildman–Crippen MR) is 96.0 cm³/mol. The zero-order valence-corrected chi connectivity index (χ0v) is 15.3. The maximum absolute atomic E-state index is 13.1. The van der Waals surface area contributed by atoms with Crippen LogP contribution in [0.5, 0.6) is 0 Å². The number of halogens is 4. The quantitative estimate of drug-likeness (QED) is 0.766. The first-order chi connectivity index (χ1) is 12.4. The molecule has 4 nitrogen and oxygen atoms in total. The maximum atomic E-state index is 13.1. The second-order valence-corrected chi connectivity index (χ2v) is 7.51. The summed E-state index contributed by atoms with van der Waals surface area (Å²) >= 11 is 12.2. The SMILES string of the molecule is Cn1cc(C(=O)Nc2cccc3c2[C@@H]2CCC3C2=C(Cl)Cl)c(C(F)F)n1. The number of fused-ring (bicyclic) bond motifs is 5. The molecule has 0 saturated heterocycles. The highest BCUT2D eigenvalue weighted by atomic mass is 35.5. The van der Waals surface area contributed by atoms with Crippen LogP contribution in [0.15, 0.2) is 34.5 Å². The summed E-state index contributed by atoms with van der Waals surface area (Å²) in [6.07, 6.45) is 0.343. The van der Waals surface area contributed by atoms with Crippen LogP contribution in [0.4, 0.5) is 14.5 Å². The first-order valence-corrected chi connectivity index (χ1v) is 8.95. The number of amides is 1. The lowest BCUT2D eigenvalue weighted by Crippen LogP contribution is -2.16. The van der Waals surface area contributed by atoms with Gasteiger partial charge in [0, 0.05) is 30.8 Å². The third-order valence-corrected chi connectivity index (χ3v) is 5.57. The van der Waals surface area contributed by atoms with E-state index in [9.17, 15) is 13.6 Å². The van der Waals surface area contributed by atoms with Crippen molar-refractivity contribution < 1.29 is 13.6 Å². The van der Waals surface area contributed by atoms with Crippen molar-refractivity contribution in [3.05, 3.63) is 56.8 Å². The molecule has 26 heavy (non-hydrogen) atoms. The monoisotopic (exact) mass is 397 g/mol. The number of aryl methyl sites for hydroxylation is 1. The summed E-state index contributed by atoms with van der Waals surface area (Å²) in [5, 5.41) is 6.46. The summed E-state index contributed by atoms with van der Waals surface area (Å²) in [7, 11) is 1.50. The van der Waals surface area contributed by atoms with Crippen molar-refractivity contribution in [3.8, 4) is 0 Å². The van der Waals surface area contributed by atoms with Crippen molar-refractivity contribution in [2.75, 3.05) is 5.32 Å². The minimum absolute atomic E-state index is 0.0555. The first kappa shape index (κ1) is 17.5. The Labute approximate surface area is 158 Å². The molecule has 1 heterocycles. The van der Waals surface area contributed by atoms with E-state index in [0.717, 1.165) is 29.5 Å². The number of anilines is 1. The Kier molecular flexibility index (Phi) is 4.28. The van der Waals surface area contributed by atoms with E-state index in [1.54, 1.807) is 6.07 Å². The molecule has 1 amide bonds. The average Bonchev–Trinajstić information content (AvgIpc) is 3.26. The molecule has 8 heteroatoms. The number of carbonyl (C=O) groups is 1. The van der Waals surface area contributed by atoms with Crippen LogP contribution in [-0.2, 0) is 7.05 Å². The fourth-order valence-corrected chi connectivity index (χ4v) is 4.72. The van der Waals surface area contributed by atoms with Gasteiger partial charge in [0.25, 0.3) is 12.3 Å². The standard InChI is InChI=1S/C18H15Cl2F2N3O/c1-25-7-11(15(24-25)17(21)22)18(26)23-12-4-2-3-8-9-5-6-10(13(8)12)14(9)16(19)20/h2-4,7,9-10,17H,5-6H2,1H3,(H,23,26)/t9?,10-/m0/s1. The van der Waals surface area contributed by atoms with E-state index in [4.69, 9.17) is 23.2 Å². The van der Waals surface area contributed by atoms with Gasteiger partial charge in [0.15, 0.2) is 0 Å².